The van der Waals surface area contributed by atoms with Crippen molar-refractivity contribution in [1.82, 2.24) is 4.98 Å². The number of anilines is 2. The van der Waals surface area contributed by atoms with Gasteiger partial charge >= 0.3 is 0 Å². The molecule has 0 spiro atoms. The minimum atomic E-state index is -0.116. The first kappa shape index (κ1) is 22.7. The number of carbonyl (C=O) groups is 1. The second-order valence-corrected chi connectivity index (χ2v) is 8.48. The van der Waals surface area contributed by atoms with Crippen LogP contribution in [0, 0.1) is 24.2 Å². The lowest BCUT2D eigenvalue weighted by atomic mass is 9.94. The average molecular weight is 465 g/mol. The van der Waals surface area contributed by atoms with Crippen LogP contribution in [0.1, 0.15) is 24.0 Å². The summed E-state index contributed by atoms with van der Waals surface area (Å²) < 4.78 is 10.9. The topological polar surface area (TPSA) is 87.5 Å². The molecule has 4 rings (SSSR count). The molecule has 1 amide bonds. The summed E-state index contributed by atoms with van der Waals surface area (Å²) in [7, 11) is 3.16. The van der Waals surface area contributed by atoms with E-state index in [4.69, 9.17) is 21.1 Å². The van der Waals surface area contributed by atoms with E-state index in [9.17, 15) is 10.1 Å². The predicted octanol–water partition coefficient (Wildman–Crippen LogP) is 4.94. The van der Waals surface area contributed by atoms with Gasteiger partial charge in [-0.15, -0.1) is 0 Å². The maximum absolute atomic E-state index is 12.8. The van der Waals surface area contributed by atoms with Gasteiger partial charge in [0.2, 0.25) is 5.91 Å². The number of amides is 1. The second-order valence-electron chi connectivity index (χ2n) is 8.07. The molecule has 7 nitrogen and oxygen atoms in total. The third kappa shape index (κ3) is 4.53. The first-order valence-electron chi connectivity index (χ1n) is 10.7. The molecule has 1 aliphatic heterocycles. The van der Waals surface area contributed by atoms with Crippen LogP contribution >= 0.6 is 11.6 Å². The molecule has 33 heavy (non-hydrogen) atoms. The van der Waals surface area contributed by atoms with Crippen LogP contribution in [0.2, 0.25) is 5.02 Å². The lowest BCUT2D eigenvalue weighted by molar-refractivity contribution is -0.120. The Morgan fingerprint density at radius 2 is 1.88 bits per heavy atom. The van der Waals surface area contributed by atoms with Crippen molar-refractivity contribution < 1.29 is 14.3 Å². The van der Waals surface area contributed by atoms with Gasteiger partial charge in [0.05, 0.1) is 31.0 Å². The molecule has 1 saturated heterocycles. The lowest BCUT2D eigenvalue weighted by Gasteiger charge is -2.34. The highest BCUT2D eigenvalue weighted by molar-refractivity contribution is 6.31. The SMILES string of the molecule is COc1cc2ncc(C#N)c(N3CCC(C(=O)Nc4ccc(C)c(Cl)c4)CC3)c2cc1OC. The van der Waals surface area contributed by atoms with Gasteiger partial charge in [-0.05, 0) is 43.5 Å². The highest BCUT2D eigenvalue weighted by Crippen LogP contribution is 2.38. The molecule has 1 N–H and O–H groups in total. The van der Waals surface area contributed by atoms with Crippen molar-refractivity contribution in [3.63, 3.8) is 0 Å². The highest BCUT2D eigenvalue weighted by atomic mass is 35.5. The molecule has 0 aliphatic carbocycles. The number of rotatable bonds is 5. The van der Waals surface area contributed by atoms with Crippen molar-refractivity contribution in [3.8, 4) is 17.6 Å². The quantitative estimate of drug-likeness (QED) is 0.575. The van der Waals surface area contributed by atoms with Gasteiger partial charge in [0.1, 0.15) is 6.07 Å². The number of nitrogens with one attached hydrogen (secondary N) is 1. The summed E-state index contributed by atoms with van der Waals surface area (Å²) in [4.78, 5) is 19.4. The average Bonchev–Trinajstić information content (AvgIpc) is 2.84. The number of piperidine rings is 1. The number of aromatic nitrogens is 1. The number of methoxy groups -OCH3 is 2. The number of aryl methyl sites for hydroxylation is 1. The van der Waals surface area contributed by atoms with Gasteiger partial charge in [-0.1, -0.05) is 17.7 Å². The summed E-state index contributed by atoms with van der Waals surface area (Å²) in [6.07, 6.45) is 2.93. The van der Waals surface area contributed by atoms with Crippen LogP contribution in [0.3, 0.4) is 0 Å². The Labute approximate surface area is 197 Å². The van der Waals surface area contributed by atoms with E-state index in [0.717, 1.165) is 22.2 Å². The summed E-state index contributed by atoms with van der Waals surface area (Å²) in [5.41, 5.74) is 3.69. The number of halogens is 1. The van der Waals surface area contributed by atoms with Gasteiger partial charge in [-0.3, -0.25) is 9.78 Å². The molecule has 1 aromatic heterocycles. The number of ether oxygens (including phenoxy) is 2. The molecule has 1 aliphatic rings. The summed E-state index contributed by atoms with van der Waals surface area (Å²) >= 11 is 6.18. The number of pyridine rings is 1. The minimum absolute atomic E-state index is 0.0129. The Kier molecular flexibility index (Phi) is 6.57. The predicted molar refractivity (Wildman–Crippen MR) is 129 cm³/mol. The Morgan fingerprint density at radius 3 is 2.52 bits per heavy atom. The molecule has 2 aromatic carbocycles. The van der Waals surface area contributed by atoms with E-state index in [0.29, 0.717) is 53.7 Å². The fraction of sp³-hybridized carbons (Fsp3) is 0.320. The fourth-order valence-electron chi connectivity index (χ4n) is 4.21. The van der Waals surface area contributed by atoms with E-state index in [1.165, 1.54) is 0 Å². The number of carbonyl (C=O) groups excluding carboxylic acids is 1. The zero-order valence-electron chi connectivity index (χ0n) is 18.8. The van der Waals surface area contributed by atoms with Crippen LogP contribution < -0.4 is 19.7 Å². The van der Waals surface area contributed by atoms with Gasteiger partial charge in [-0.2, -0.15) is 5.26 Å². The van der Waals surface area contributed by atoms with E-state index in [-0.39, 0.29) is 11.8 Å². The molecule has 0 saturated carbocycles. The number of hydrogen-bond donors (Lipinski definition) is 1. The van der Waals surface area contributed by atoms with Crippen molar-refractivity contribution in [2.75, 3.05) is 37.5 Å². The van der Waals surface area contributed by atoms with Gasteiger partial charge in [-0.25, -0.2) is 0 Å². The molecular weight excluding hydrogens is 440 g/mol. The summed E-state index contributed by atoms with van der Waals surface area (Å²) in [6, 6.07) is 11.5. The van der Waals surface area contributed by atoms with Gasteiger partial charge in [0, 0.05) is 47.4 Å². The summed E-state index contributed by atoms with van der Waals surface area (Å²) in [6.45, 7) is 3.22. The Hall–Kier alpha value is -3.50. The third-order valence-electron chi connectivity index (χ3n) is 6.09. The van der Waals surface area contributed by atoms with E-state index < -0.39 is 0 Å². The van der Waals surface area contributed by atoms with Crippen LogP contribution in [-0.2, 0) is 4.79 Å². The van der Waals surface area contributed by atoms with Crippen LogP contribution in [-0.4, -0.2) is 38.2 Å². The van der Waals surface area contributed by atoms with E-state index in [1.807, 2.05) is 31.2 Å². The van der Waals surface area contributed by atoms with Gasteiger partial charge in [0.25, 0.3) is 0 Å². The summed E-state index contributed by atoms with van der Waals surface area (Å²) in [5.74, 6) is 1.03. The second kappa shape index (κ2) is 9.55. The molecule has 1 fully saturated rings. The standard InChI is InChI=1S/C25H25ClN4O3/c1-15-4-5-18(10-20(15)26)29-25(31)16-6-8-30(9-7-16)24-17(13-27)14-28-21-12-23(33-3)22(32-2)11-19(21)24/h4-5,10-12,14,16H,6-9H2,1-3H3,(H,29,31). The zero-order chi connectivity index (χ0) is 23.5. The normalized spacial score (nSPS) is 14.1. The number of hydrogen-bond acceptors (Lipinski definition) is 6. The van der Waals surface area contributed by atoms with Crippen LogP contribution in [0.25, 0.3) is 10.9 Å². The first-order chi connectivity index (χ1) is 15.9. The molecule has 0 atom stereocenters. The summed E-state index contributed by atoms with van der Waals surface area (Å²) in [5, 5.41) is 14.2. The Morgan fingerprint density at radius 1 is 1.18 bits per heavy atom. The minimum Gasteiger partial charge on any atom is -0.493 e. The lowest BCUT2D eigenvalue weighted by Crippen LogP contribution is -2.38. The molecule has 0 unspecified atom stereocenters. The number of nitriles is 1. The molecular formula is C25H25ClN4O3. The van der Waals surface area contributed by atoms with Crippen molar-refractivity contribution in [1.29, 1.82) is 5.26 Å². The smallest absolute Gasteiger partial charge is 0.227 e. The van der Waals surface area contributed by atoms with Crippen molar-refractivity contribution in [2.45, 2.75) is 19.8 Å². The maximum atomic E-state index is 12.8. The van der Waals surface area contributed by atoms with Gasteiger partial charge in [0.15, 0.2) is 11.5 Å². The monoisotopic (exact) mass is 464 g/mol. The fourth-order valence-corrected chi connectivity index (χ4v) is 4.39. The zero-order valence-corrected chi connectivity index (χ0v) is 19.6. The molecule has 8 heteroatoms. The van der Waals surface area contributed by atoms with Crippen LogP contribution in [0.5, 0.6) is 11.5 Å². The molecule has 0 bridgehead atoms. The number of benzene rings is 2. The number of fused-ring (bicyclic) bond motifs is 1. The molecule has 0 radical (unpaired) electrons. The van der Waals surface area contributed by atoms with Crippen molar-refractivity contribution in [2.24, 2.45) is 5.92 Å². The Bertz CT molecular complexity index is 1250. The number of nitrogens with zero attached hydrogens (tertiary/aromatic N) is 3. The van der Waals surface area contributed by atoms with E-state index >= 15 is 0 Å². The van der Waals surface area contributed by atoms with Crippen molar-refractivity contribution in [3.05, 3.63) is 52.7 Å². The van der Waals surface area contributed by atoms with Crippen molar-refractivity contribution >= 4 is 39.8 Å². The first-order valence-corrected chi connectivity index (χ1v) is 11.1. The third-order valence-corrected chi connectivity index (χ3v) is 6.49. The van der Waals surface area contributed by atoms with Gasteiger partial charge < -0.3 is 19.7 Å². The molecule has 170 valence electrons. The van der Waals surface area contributed by atoms with Crippen LogP contribution in [0.4, 0.5) is 11.4 Å². The molecule has 2 heterocycles. The Balaban J connectivity index is 1.55. The largest absolute Gasteiger partial charge is 0.493 e. The van der Waals surface area contributed by atoms with Crippen LogP contribution in [0.15, 0.2) is 36.5 Å². The molecule has 3 aromatic rings. The highest BCUT2D eigenvalue weighted by Gasteiger charge is 2.28. The van der Waals surface area contributed by atoms with E-state index in [2.05, 4.69) is 21.3 Å². The van der Waals surface area contributed by atoms with E-state index in [1.54, 1.807) is 26.5 Å². The maximum Gasteiger partial charge on any atom is 0.227 e.